The molecule has 0 atom stereocenters. The number of nitrogens with zero attached hydrogens (tertiary/aromatic N) is 5. The van der Waals surface area contributed by atoms with Crippen molar-refractivity contribution in [3.05, 3.63) is 80.5 Å². The average molecular weight is 508 g/mol. The Morgan fingerprint density at radius 1 is 0.973 bits per heavy atom. The predicted octanol–water partition coefficient (Wildman–Crippen LogP) is 1.83. The van der Waals surface area contributed by atoms with Crippen LogP contribution in [0, 0.1) is 0 Å². The largest absolute Gasteiger partial charge is 0.399 e. The van der Waals surface area contributed by atoms with E-state index in [1.54, 1.807) is 4.57 Å². The van der Waals surface area contributed by atoms with Crippen molar-refractivity contribution in [3.63, 3.8) is 0 Å². The molecule has 0 aliphatic rings. The van der Waals surface area contributed by atoms with Crippen LogP contribution >= 0.6 is 0 Å². The summed E-state index contributed by atoms with van der Waals surface area (Å²) in [5.41, 5.74) is 8.86. The molecule has 0 saturated heterocycles. The zero-order valence-corrected chi connectivity index (χ0v) is 21.7. The van der Waals surface area contributed by atoms with Crippen LogP contribution in [0.4, 0.5) is 5.69 Å². The van der Waals surface area contributed by atoms with E-state index in [1.165, 1.54) is 4.57 Å². The van der Waals surface area contributed by atoms with Gasteiger partial charge in [0.1, 0.15) is 5.82 Å². The highest BCUT2D eigenvalue weighted by Gasteiger charge is 2.22. The second kappa shape index (κ2) is 12.1. The van der Waals surface area contributed by atoms with Gasteiger partial charge in [0.2, 0.25) is 0 Å². The summed E-state index contributed by atoms with van der Waals surface area (Å²) in [6.45, 7) is 7.35. The van der Waals surface area contributed by atoms with E-state index in [-0.39, 0.29) is 17.9 Å². The number of nitrogen functional groups attached to an aromatic ring is 1. The molecule has 0 aliphatic carbocycles. The van der Waals surface area contributed by atoms with Crippen LogP contribution in [0.15, 0.2) is 52.3 Å². The Hall–Kier alpha value is -3.63. The Labute approximate surface area is 216 Å². The maximum Gasteiger partial charge on any atom is 0.332 e. The van der Waals surface area contributed by atoms with E-state index >= 15 is 0 Å². The fraction of sp³-hybridized carbons (Fsp3) is 0.444. The number of aliphatic hydroxyl groups is 1. The number of H-pyrrole nitrogens is 1. The molecule has 0 spiro atoms. The Bertz CT molecular complexity index is 1420. The van der Waals surface area contributed by atoms with Crippen LogP contribution in [0.2, 0.25) is 0 Å². The highest BCUT2D eigenvalue weighted by atomic mass is 16.3. The average Bonchev–Trinajstić information content (AvgIpc) is 3.53. The summed E-state index contributed by atoms with van der Waals surface area (Å²) in [7, 11) is 0. The molecule has 1 aromatic carbocycles. The van der Waals surface area contributed by atoms with E-state index in [2.05, 4.69) is 9.88 Å². The van der Waals surface area contributed by atoms with Gasteiger partial charge in [0.05, 0.1) is 6.61 Å². The number of imidazole rings is 1. The highest BCUT2D eigenvalue weighted by molar-refractivity contribution is 5.71. The molecule has 0 bridgehead atoms. The molecule has 0 fully saturated rings. The predicted molar refractivity (Wildman–Crippen MR) is 146 cm³/mol. The van der Waals surface area contributed by atoms with E-state index in [0.717, 1.165) is 23.5 Å². The van der Waals surface area contributed by atoms with Crippen LogP contribution in [0.25, 0.3) is 11.2 Å². The van der Waals surface area contributed by atoms with Gasteiger partial charge < -0.3 is 20.4 Å². The Balaban J connectivity index is 1.84. The minimum Gasteiger partial charge on any atom is -0.399 e. The Kier molecular flexibility index (Phi) is 8.62. The molecule has 3 aromatic heterocycles. The number of nitrogens with one attached hydrogen (secondary N) is 1. The molecule has 3 heterocycles. The fourth-order valence-corrected chi connectivity index (χ4v) is 4.72. The van der Waals surface area contributed by atoms with Crippen molar-refractivity contribution in [1.29, 1.82) is 0 Å². The molecule has 0 unspecified atom stereocenters. The van der Waals surface area contributed by atoms with E-state index in [0.29, 0.717) is 68.8 Å². The van der Waals surface area contributed by atoms with Crippen LogP contribution in [0.5, 0.6) is 0 Å². The molecule has 4 rings (SSSR count). The summed E-state index contributed by atoms with van der Waals surface area (Å²) in [6.07, 6.45) is 5.59. The number of aromatic nitrogens is 5. The first-order valence-corrected chi connectivity index (χ1v) is 13.0. The summed E-state index contributed by atoms with van der Waals surface area (Å²) in [5, 5.41) is 9.43. The van der Waals surface area contributed by atoms with Gasteiger partial charge in [-0.15, -0.1) is 0 Å². The smallest absolute Gasteiger partial charge is 0.332 e. The lowest BCUT2D eigenvalue weighted by Gasteiger charge is -2.20. The first-order valence-electron chi connectivity index (χ1n) is 13.0. The van der Waals surface area contributed by atoms with Gasteiger partial charge in [0.25, 0.3) is 5.56 Å². The number of nitrogens with two attached hydrogens (primary N) is 1. The molecule has 0 saturated carbocycles. The van der Waals surface area contributed by atoms with Gasteiger partial charge >= 0.3 is 5.69 Å². The van der Waals surface area contributed by atoms with Gasteiger partial charge in [-0.3, -0.25) is 18.8 Å². The summed E-state index contributed by atoms with van der Waals surface area (Å²) < 4.78 is 4.95. The van der Waals surface area contributed by atoms with Gasteiger partial charge in [-0.05, 0) is 48.7 Å². The molecule has 10 heteroatoms. The number of aryl methyl sites for hydroxylation is 2. The van der Waals surface area contributed by atoms with Crippen molar-refractivity contribution < 1.29 is 5.11 Å². The maximum absolute atomic E-state index is 13.7. The Morgan fingerprint density at radius 3 is 2.41 bits per heavy atom. The molecule has 4 aromatic rings. The number of benzene rings is 1. The van der Waals surface area contributed by atoms with Crippen molar-refractivity contribution in [2.24, 2.45) is 0 Å². The van der Waals surface area contributed by atoms with Crippen LogP contribution < -0.4 is 17.0 Å². The molecule has 0 radical (unpaired) electrons. The van der Waals surface area contributed by atoms with Crippen LogP contribution in [-0.2, 0) is 32.5 Å². The standard InChI is InChI=1S/C27H37N7O3/c1-3-12-34-26(36)24-25(33(27(34)37)13-10-20-5-7-22(28)8-6-20)30-23(18-21-9-11-29-19-21)32(24)15-14-31(4-2)16-17-35/h5-9,11,19,29,35H,3-4,10,12-18,28H2,1-2H3. The number of likely N-dealkylation sites (N-methyl/N-ethyl adjacent to an activating group) is 1. The SMILES string of the molecule is CCCn1c(=O)c2c(nc(Cc3cc[nH]c3)n2CCN(CC)CCO)n(CCc2ccc(N)cc2)c1=O. The monoisotopic (exact) mass is 507 g/mol. The molecule has 0 aliphatic heterocycles. The maximum atomic E-state index is 13.7. The van der Waals surface area contributed by atoms with E-state index < -0.39 is 0 Å². The number of aromatic amines is 1. The van der Waals surface area contributed by atoms with Crippen molar-refractivity contribution in [1.82, 2.24) is 28.6 Å². The zero-order chi connectivity index (χ0) is 26.4. The molecule has 37 heavy (non-hydrogen) atoms. The quantitative estimate of drug-likeness (QED) is 0.237. The molecule has 4 N–H and O–H groups in total. The molecule has 198 valence electrons. The minimum atomic E-state index is -0.330. The number of anilines is 1. The van der Waals surface area contributed by atoms with Crippen LogP contribution in [-0.4, -0.2) is 59.9 Å². The van der Waals surface area contributed by atoms with E-state index in [1.807, 2.05) is 61.1 Å². The first-order chi connectivity index (χ1) is 18.0. The summed E-state index contributed by atoms with van der Waals surface area (Å²) in [4.78, 5) is 37.3. The van der Waals surface area contributed by atoms with Crippen LogP contribution in [0.1, 0.15) is 37.2 Å². The fourth-order valence-electron chi connectivity index (χ4n) is 4.72. The van der Waals surface area contributed by atoms with Gasteiger partial charge in [-0.2, -0.15) is 0 Å². The summed E-state index contributed by atoms with van der Waals surface area (Å²) >= 11 is 0. The van der Waals surface area contributed by atoms with E-state index in [9.17, 15) is 14.7 Å². The molecule has 0 amide bonds. The normalized spacial score (nSPS) is 11.7. The lowest BCUT2D eigenvalue weighted by Crippen LogP contribution is -2.41. The van der Waals surface area contributed by atoms with Crippen molar-refractivity contribution >= 4 is 16.9 Å². The number of fused-ring (bicyclic) bond motifs is 1. The van der Waals surface area contributed by atoms with Gasteiger partial charge in [0.15, 0.2) is 11.2 Å². The first kappa shape index (κ1) is 26.4. The number of aliphatic hydroxyl groups excluding tert-OH is 1. The summed E-state index contributed by atoms with van der Waals surface area (Å²) in [5.74, 6) is 0.738. The minimum absolute atomic E-state index is 0.0721. The van der Waals surface area contributed by atoms with Crippen LogP contribution in [0.3, 0.4) is 0 Å². The van der Waals surface area contributed by atoms with Gasteiger partial charge in [-0.25, -0.2) is 9.78 Å². The third-order valence-electron chi connectivity index (χ3n) is 6.77. The molecule has 10 nitrogen and oxygen atoms in total. The lowest BCUT2D eigenvalue weighted by molar-refractivity contribution is 0.197. The number of hydrogen-bond donors (Lipinski definition) is 3. The molecular weight excluding hydrogens is 470 g/mol. The summed E-state index contributed by atoms with van der Waals surface area (Å²) in [6, 6.07) is 9.59. The molecular formula is C27H37N7O3. The van der Waals surface area contributed by atoms with Crippen molar-refractivity contribution in [2.75, 3.05) is 32.0 Å². The Morgan fingerprint density at radius 2 is 1.76 bits per heavy atom. The van der Waals surface area contributed by atoms with E-state index in [4.69, 9.17) is 10.7 Å². The second-order valence-electron chi connectivity index (χ2n) is 9.29. The third kappa shape index (κ3) is 5.86. The van der Waals surface area contributed by atoms with Gasteiger partial charge in [0, 0.05) is 57.2 Å². The number of rotatable bonds is 13. The second-order valence-corrected chi connectivity index (χ2v) is 9.29. The lowest BCUT2D eigenvalue weighted by atomic mass is 10.1. The third-order valence-corrected chi connectivity index (χ3v) is 6.77. The highest BCUT2D eigenvalue weighted by Crippen LogP contribution is 2.17. The number of hydrogen-bond acceptors (Lipinski definition) is 6. The van der Waals surface area contributed by atoms with Crippen molar-refractivity contribution in [2.45, 2.75) is 52.7 Å². The van der Waals surface area contributed by atoms with Crippen molar-refractivity contribution in [3.8, 4) is 0 Å². The van der Waals surface area contributed by atoms with Gasteiger partial charge in [-0.1, -0.05) is 26.0 Å². The topological polar surface area (TPSA) is 127 Å². The zero-order valence-electron chi connectivity index (χ0n) is 21.7.